The van der Waals surface area contributed by atoms with Crippen molar-refractivity contribution in [3.05, 3.63) is 0 Å². The largest absolute Gasteiger partial charge is 0.394 e. The summed E-state index contributed by atoms with van der Waals surface area (Å²) in [7, 11) is 0. The molecule has 0 rings (SSSR count). The average Bonchev–Trinajstić information content (AvgIpc) is 2.56. The van der Waals surface area contributed by atoms with Crippen LogP contribution in [0, 0.1) is 0 Å². The monoisotopic (exact) mass is 329 g/mol. The molecule has 0 aliphatic rings. The molecule has 1 atom stereocenters. The van der Waals surface area contributed by atoms with Crippen LogP contribution in [0.15, 0.2) is 0 Å². The SMILES string of the molecule is CCCCCCCCCCCCCCCC(=O)NC[C@@H](O)CO. The van der Waals surface area contributed by atoms with Crippen molar-refractivity contribution in [3.63, 3.8) is 0 Å². The van der Waals surface area contributed by atoms with E-state index in [-0.39, 0.29) is 19.1 Å². The second-order valence-corrected chi connectivity index (χ2v) is 6.63. The summed E-state index contributed by atoms with van der Waals surface area (Å²) in [4.78, 5) is 11.5. The Morgan fingerprint density at radius 1 is 0.826 bits per heavy atom. The van der Waals surface area contributed by atoms with Crippen molar-refractivity contribution >= 4 is 5.91 Å². The first-order chi connectivity index (χ1) is 11.2. The van der Waals surface area contributed by atoms with Crippen molar-refractivity contribution in [2.45, 2.75) is 103 Å². The van der Waals surface area contributed by atoms with E-state index in [9.17, 15) is 4.79 Å². The summed E-state index contributed by atoms with van der Waals surface area (Å²) in [6.45, 7) is 2.10. The molecule has 0 saturated heterocycles. The molecule has 0 aliphatic carbocycles. The molecular weight excluding hydrogens is 290 g/mol. The second kappa shape index (κ2) is 17.7. The number of hydrogen-bond acceptors (Lipinski definition) is 3. The van der Waals surface area contributed by atoms with Gasteiger partial charge in [-0.15, -0.1) is 0 Å². The smallest absolute Gasteiger partial charge is 0.220 e. The standard InChI is InChI=1S/C19H39NO3/c1-2-3-4-5-6-7-8-9-10-11-12-13-14-15-19(23)20-16-18(22)17-21/h18,21-22H,2-17H2,1H3,(H,20,23)/t18-/m1/s1. The first-order valence-electron chi connectivity index (χ1n) is 9.76. The number of rotatable bonds is 17. The van der Waals surface area contributed by atoms with Gasteiger partial charge in [-0.2, -0.15) is 0 Å². The van der Waals surface area contributed by atoms with Crippen LogP contribution in [0.3, 0.4) is 0 Å². The van der Waals surface area contributed by atoms with Gasteiger partial charge >= 0.3 is 0 Å². The van der Waals surface area contributed by atoms with Crippen LogP contribution >= 0.6 is 0 Å². The van der Waals surface area contributed by atoms with E-state index in [1.54, 1.807) is 0 Å². The Balaban J connectivity index is 3.14. The van der Waals surface area contributed by atoms with Gasteiger partial charge in [-0.25, -0.2) is 0 Å². The molecule has 1 amide bonds. The highest BCUT2D eigenvalue weighted by Gasteiger charge is 2.05. The lowest BCUT2D eigenvalue weighted by Crippen LogP contribution is -2.33. The number of carbonyl (C=O) groups excluding carboxylic acids is 1. The van der Waals surface area contributed by atoms with E-state index in [1.165, 1.54) is 70.6 Å². The maximum absolute atomic E-state index is 11.5. The average molecular weight is 330 g/mol. The molecule has 138 valence electrons. The minimum Gasteiger partial charge on any atom is -0.394 e. The molecule has 23 heavy (non-hydrogen) atoms. The van der Waals surface area contributed by atoms with Gasteiger partial charge in [-0.1, -0.05) is 84.0 Å². The fourth-order valence-electron chi connectivity index (χ4n) is 2.69. The summed E-state index contributed by atoms with van der Waals surface area (Å²) in [5, 5.41) is 20.4. The molecule has 0 spiro atoms. The predicted octanol–water partition coefficient (Wildman–Crippen LogP) is 3.94. The van der Waals surface area contributed by atoms with Crippen molar-refractivity contribution in [1.29, 1.82) is 0 Å². The Morgan fingerprint density at radius 3 is 1.70 bits per heavy atom. The van der Waals surface area contributed by atoms with E-state index < -0.39 is 6.10 Å². The summed E-state index contributed by atoms with van der Waals surface area (Å²) < 4.78 is 0. The van der Waals surface area contributed by atoms with E-state index >= 15 is 0 Å². The van der Waals surface area contributed by atoms with Crippen LogP contribution in [-0.2, 0) is 4.79 Å². The maximum Gasteiger partial charge on any atom is 0.220 e. The lowest BCUT2D eigenvalue weighted by Gasteiger charge is -2.08. The van der Waals surface area contributed by atoms with E-state index in [1.807, 2.05) is 0 Å². The van der Waals surface area contributed by atoms with E-state index in [2.05, 4.69) is 12.2 Å². The van der Waals surface area contributed by atoms with Gasteiger partial charge in [0, 0.05) is 13.0 Å². The van der Waals surface area contributed by atoms with Gasteiger partial charge < -0.3 is 15.5 Å². The summed E-state index contributed by atoms with van der Waals surface area (Å²) in [6.07, 6.45) is 16.6. The zero-order valence-electron chi connectivity index (χ0n) is 15.2. The van der Waals surface area contributed by atoms with E-state index in [0.29, 0.717) is 6.42 Å². The summed E-state index contributed by atoms with van der Waals surface area (Å²) in [6, 6.07) is 0. The van der Waals surface area contributed by atoms with Crippen LogP contribution in [0.5, 0.6) is 0 Å². The van der Waals surface area contributed by atoms with Crippen molar-refractivity contribution in [3.8, 4) is 0 Å². The number of aliphatic hydroxyl groups excluding tert-OH is 2. The Morgan fingerprint density at radius 2 is 1.26 bits per heavy atom. The molecule has 0 radical (unpaired) electrons. The van der Waals surface area contributed by atoms with E-state index in [4.69, 9.17) is 10.2 Å². The lowest BCUT2D eigenvalue weighted by atomic mass is 10.0. The molecule has 0 saturated carbocycles. The van der Waals surface area contributed by atoms with Crippen LogP contribution in [0.25, 0.3) is 0 Å². The molecule has 4 heteroatoms. The third kappa shape index (κ3) is 17.6. The molecule has 0 aliphatic heterocycles. The number of carbonyl (C=O) groups is 1. The Hall–Kier alpha value is -0.610. The molecule has 0 fully saturated rings. The number of unbranched alkanes of at least 4 members (excludes halogenated alkanes) is 12. The highest BCUT2D eigenvalue weighted by atomic mass is 16.3. The van der Waals surface area contributed by atoms with Gasteiger partial charge in [0.25, 0.3) is 0 Å². The second-order valence-electron chi connectivity index (χ2n) is 6.63. The van der Waals surface area contributed by atoms with Gasteiger partial charge in [0.1, 0.15) is 0 Å². The molecule has 0 bridgehead atoms. The summed E-state index contributed by atoms with van der Waals surface area (Å²) in [5.74, 6) is -0.0272. The first kappa shape index (κ1) is 22.4. The molecule has 0 aromatic carbocycles. The van der Waals surface area contributed by atoms with Crippen LogP contribution in [0.1, 0.15) is 96.8 Å². The normalized spacial score (nSPS) is 12.3. The zero-order valence-corrected chi connectivity index (χ0v) is 15.2. The van der Waals surface area contributed by atoms with Crippen LogP contribution in [0.4, 0.5) is 0 Å². The fourth-order valence-corrected chi connectivity index (χ4v) is 2.69. The summed E-state index contributed by atoms with van der Waals surface area (Å²) in [5.41, 5.74) is 0. The molecule has 0 aromatic heterocycles. The number of aliphatic hydroxyl groups is 2. The van der Waals surface area contributed by atoms with Gasteiger partial charge in [0.05, 0.1) is 12.7 Å². The van der Waals surface area contributed by atoms with E-state index in [0.717, 1.165) is 12.8 Å². The fraction of sp³-hybridized carbons (Fsp3) is 0.947. The molecule has 3 N–H and O–H groups in total. The molecular formula is C19H39NO3. The molecule has 0 aromatic rings. The minimum atomic E-state index is -0.842. The van der Waals surface area contributed by atoms with Crippen LogP contribution in [-0.4, -0.2) is 35.4 Å². The van der Waals surface area contributed by atoms with Gasteiger partial charge in [0.15, 0.2) is 0 Å². The first-order valence-corrected chi connectivity index (χ1v) is 9.76. The number of hydrogen-bond donors (Lipinski definition) is 3. The molecule has 0 unspecified atom stereocenters. The van der Waals surface area contributed by atoms with Gasteiger partial charge in [-0.05, 0) is 6.42 Å². The third-order valence-electron chi connectivity index (χ3n) is 4.25. The minimum absolute atomic E-state index is 0.0272. The van der Waals surface area contributed by atoms with Crippen molar-refractivity contribution in [2.75, 3.05) is 13.2 Å². The molecule has 4 nitrogen and oxygen atoms in total. The highest BCUT2D eigenvalue weighted by molar-refractivity contribution is 5.75. The predicted molar refractivity (Wildman–Crippen MR) is 96.4 cm³/mol. The number of amides is 1. The van der Waals surface area contributed by atoms with Crippen molar-refractivity contribution in [1.82, 2.24) is 5.32 Å². The zero-order chi connectivity index (χ0) is 17.2. The van der Waals surface area contributed by atoms with Gasteiger partial charge in [-0.3, -0.25) is 4.79 Å². The van der Waals surface area contributed by atoms with Crippen LogP contribution in [0.2, 0.25) is 0 Å². The Kier molecular flexibility index (Phi) is 17.3. The van der Waals surface area contributed by atoms with Gasteiger partial charge in [0.2, 0.25) is 5.91 Å². The topological polar surface area (TPSA) is 69.6 Å². The molecule has 0 heterocycles. The third-order valence-corrected chi connectivity index (χ3v) is 4.25. The highest BCUT2D eigenvalue weighted by Crippen LogP contribution is 2.12. The summed E-state index contributed by atoms with van der Waals surface area (Å²) >= 11 is 0. The van der Waals surface area contributed by atoms with Crippen molar-refractivity contribution in [2.24, 2.45) is 0 Å². The quantitative estimate of drug-likeness (QED) is 0.354. The van der Waals surface area contributed by atoms with Crippen molar-refractivity contribution < 1.29 is 15.0 Å². The Labute approximate surface area is 143 Å². The number of nitrogens with one attached hydrogen (secondary N) is 1. The van der Waals surface area contributed by atoms with Crippen LogP contribution < -0.4 is 5.32 Å². The lowest BCUT2D eigenvalue weighted by molar-refractivity contribution is -0.121. The maximum atomic E-state index is 11.5. The Bertz CT molecular complexity index is 259.